The molecule has 0 spiro atoms. The number of likely N-dealkylation sites (N-methyl/N-ethyl adjacent to an activating group) is 1. The van der Waals surface area contributed by atoms with E-state index in [0.717, 1.165) is 12.8 Å². The molecule has 1 aliphatic carbocycles. The summed E-state index contributed by atoms with van der Waals surface area (Å²) in [6.07, 6.45) is 2.41. The third-order valence-corrected chi connectivity index (χ3v) is 2.66. The molecule has 0 heterocycles. The normalized spacial score (nSPS) is 27.9. The van der Waals surface area contributed by atoms with Crippen molar-refractivity contribution in [3.8, 4) is 0 Å². The average Bonchev–Trinajstić information content (AvgIpc) is 2.10. The molecule has 1 rings (SSSR count). The van der Waals surface area contributed by atoms with Crippen molar-refractivity contribution in [2.45, 2.75) is 44.9 Å². The van der Waals surface area contributed by atoms with Crippen LogP contribution in [-0.4, -0.2) is 37.7 Å². The summed E-state index contributed by atoms with van der Waals surface area (Å²) in [6.45, 7) is 4.51. The highest BCUT2D eigenvalue weighted by Gasteiger charge is 2.30. The van der Waals surface area contributed by atoms with Gasteiger partial charge in [-0.1, -0.05) is 0 Å². The number of amides is 1. The van der Waals surface area contributed by atoms with E-state index in [1.54, 1.807) is 7.11 Å². The number of rotatable bonds is 5. The minimum Gasteiger partial charge on any atom is -0.381 e. The van der Waals surface area contributed by atoms with Gasteiger partial charge in [0.15, 0.2) is 0 Å². The fraction of sp³-hybridized carbons (Fsp3) is 0.900. The van der Waals surface area contributed by atoms with Crippen molar-refractivity contribution in [2.24, 2.45) is 0 Å². The van der Waals surface area contributed by atoms with Crippen LogP contribution in [-0.2, 0) is 9.53 Å². The Kier molecular flexibility index (Phi) is 4.35. The third kappa shape index (κ3) is 2.96. The Morgan fingerprint density at radius 1 is 1.57 bits per heavy atom. The fourth-order valence-electron chi connectivity index (χ4n) is 1.65. The average molecular weight is 200 g/mol. The minimum atomic E-state index is -0.0993. The van der Waals surface area contributed by atoms with Crippen molar-refractivity contribution in [1.29, 1.82) is 0 Å². The lowest BCUT2D eigenvalue weighted by molar-refractivity contribution is -0.123. The monoisotopic (exact) mass is 200 g/mol. The smallest absolute Gasteiger partial charge is 0.236 e. The highest BCUT2D eigenvalue weighted by molar-refractivity contribution is 5.81. The predicted octanol–water partition coefficient (Wildman–Crippen LogP) is 0.278. The van der Waals surface area contributed by atoms with Crippen LogP contribution in [0.15, 0.2) is 0 Å². The first-order valence-electron chi connectivity index (χ1n) is 5.24. The van der Waals surface area contributed by atoms with Crippen molar-refractivity contribution in [1.82, 2.24) is 10.6 Å². The lowest BCUT2D eigenvalue weighted by atomic mass is 9.88. The maximum absolute atomic E-state index is 11.4. The number of nitrogens with one attached hydrogen (secondary N) is 2. The molecule has 1 aliphatic rings. The summed E-state index contributed by atoms with van der Waals surface area (Å²) in [5.41, 5.74) is 0. The van der Waals surface area contributed by atoms with E-state index >= 15 is 0 Å². The van der Waals surface area contributed by atoms with Crippen LogP contribution in [0.4, 0.5) is 0 Å². The summed E-state index contributed by atoms with van der Waals surface area (Å²) >= 11 is 0. The summed E-state index contributed by atoms with van der Waals surface area (Å²) < 4.78 is 5.17. The van der Waals surface area contributed by atoms with E-state index in [2.05, 4.69) is 10.6 Å². The van der Waals surface area contributed by atoms with Crippen LogP contribution in [0.25, 0.3) is 0 Å². The molecule has 1 amide bonds. The number of methoxy groups -OCH3 is 1. The van der Waals surface area contributed by atoms with Gasteiger partial charge >= 0.3 is 0 Å². The predicted molar refractivity (Wildman–Crippen MR) is 55.1 cm³/mol. The van der Waals surface area contributed by atoms with Gasteiger partial charge in [-0.15, -0.1) is 0 Å². The lowest BCUT2D eigenvalue weighted by Crippen LogP contribution is -2.52. The first-order valence-corrected chi connectivity index (χ1v) is 5.24. The molecular weight excluding hydrogens is 180 g/mol. The molecule has 0 aromatic rings. The van der Waals surface area contributed by atoms with E-state index in [1.807, 2.05) is 13.8 Å². The second kappa shape index (κ2) is 5.32. The number of ether oxygens (including phenoxy) is 1. The maximum Gasteiger partial charge on any atom is 0.236 e. The summed E-state index contributed by atoms with van der Waals surface area (Å²) in [5, 5.41) is 6.06. The Hall–Kier alpha value is -0.610. The first kappa shape index (κ1) is 11.5. The lowest BCUT2D eigenvalue weighted by Gasteiger charge is -2.36. The van der Waals surface area contributed by atoms with E-state index in [-0.39, 0.29) is 11.9 Å². The quantitative estimate of drug-likeness (QED) is 0.670. The molecule has 1 fully saturated rings. The maximum atomic E-state index is 11.4. The zero-order chi connectivity index (χ0) is 10.6. The van der Waals surface area contributed by atoms with Crippen LogP contribution >= 0.6 is 0 Å². The van der Waals surface area contributed by atoms with E-state index in [4.69, 9.17) is 4.74 Å². The molecule has 1 unspecified atom stereocenters. The van der Waals surface area contributed by atoms with Gasteiger partial charge in [0.2, 0.25) is 5.91 Å². The molecule has 0 aromatic carbocycles. The van der Waals surface area contributed by atoms with Gasteiger partial charge < -0.3 is 15.4 Å². The van der Waals surface area contributed by atoms with Crippen molar-refractivity contribution in [3.05, 3.63) is 0 Å². The highest BCUT2D eigenvalue weighted by atomic mass is 16.5. The highest BCUT2D eigenvalue weighted by Crippen LogP contribution is 2.22. The molecule has 0 bridgehead atoms. The zero-order valence-corrected chi connectivity index (χ0v) is 9.17. The summed E-state index contributed by atoms with van der Waals surface area (Å²) in [7, 11) is 1.73. The van der Waals surface area contributed by atoms with Gasteiger partial charge in [-0.25, -0.2) is 0 Å². The van der Waals surface area contributed by atoms with Crippen LogP contribution < -0.4 is 10.6 Å². The topological polar surface area (TPSA) is 50.4 Å². The zero-order valence-electron chi connectivity index (χ0n) is 9.17. The van der Waals surface area contributed by atoms with E-state index in [1.165, 1.54) is 0 Å². The van der Waals surface area contributed by atoms with E-state index < -0.39 is 0 Å². The molecule has 1 atom stereocenters. The number of hydrogen-bond donors (Lipinski definition) is 2. The summed E-state index contributed by atoms with van der Waals surface area (Å²) in [4.78, 5) is 11.4. The SMILES string of the molecule is CCNC(=O)C(C)NC1CC(OC)C1. The third-order valence-electron chi connectivity index (χ3n) is 2.66. The molecule has 0 aliphatic heterocycles. The number of hydrogen-bond acceptors (Lipinski definition) is 3. The number of carbonyl (C=O) groups is 1. The molecule has 14 heavy (non-hydrogen) atoms. The van der Waals surface area contributed by atoms with Crippen molar-refractivity contribution < 1.29 is 9.53 Å². The van der Waals surface area contributed by atoms with Crippen LogP contribution in [0.1, 0.15) is 26.7 Å². The Bertz CT molecular complexity index is 191. The van der Waals surface area contributed by atoms with Gasteiger partial charge in [0, 0.05) is 19.7 Å². The molecule has 1 saturated carbocycles. The van der Waals surface area contributed by atoms with Crippen LogP contribution in [0.5, 0.6) is 0 Å². The van der Waals surface area contributed by atoms with Gasteiger partial charge in [-0.05, 0) is 26.7 Å². The molecule has 0 saturated heterocycles. The van der Waals surface area contributed by atoms with Gasteiger partial charge in [-0.3, -0.25) is 4.79 Å². The van der Waals surface area contributed by atoms with Crippen LogP contribution in [0.2, 0.25) is 0 Å². The molecule has 4 heteroatoms. The van der Waals surface area contributed by atoms with Crippen molar-refractivity contribution in [2.75, 3.05) is 13.7 Å². The second-order valence-corrected chi connectivity index (χ2v) is 3.81. The fourth-order valence-corrected chi connectivity index (χ4v) is 1.65. The van der Waals surface area contributed by atoms with Crippen LogP contribution in [0.3, 0.4) is 0 Å². The van der Waals surface area contributed by atoms with E-state index in [0.29, 0.717) is 18.7 Å². The van der Waals surface area contributed by atoms with Crippen LogP contribution in [0, 0.1) is 0 Å². The molecule has 0 radical (unpaired) electrons. The number of carbonyl (C=O) groups excluding carboxylic acids is 1. The molecule has 4 nitrogen and oxygen atoms in total. The molecule has 2 N–H and O–H groups in total. The van der Waals surface area contributed by atoms with Crippen molar-refractivity contribution in [3.63, 3.8) is 0 Å². The van der Waals surface area contributed by atoms with Gasteiger partial charge in [-0.2, -0.15) is 0 Å². The van der Waals surface area contributed by atoms with Gasteiger partial charge in [0.05, 0.1) is 12.1 Å². The Balaban J connectivity index is 2.15. The largest absolute Gasteiger partial charge is 0.381 e. The van der Waals surface area contributed by atoms with E-state index in [9.17, 15) is 4.79 Å². The van der Waals surface area contributed by atoms with Crippen molar-refractivity contribution >= 4 is 5.91 Å². The standard InChI is InChI=1S/C10H20N2O2/c1-4-11-10(13)7(2)12-8-5-9(6-8)14-3/h7-9,12H,4-6H2,1-3H3,(H,11,13). The summed E-state index contributed by atoms with van der Waals surface area (Å²) in [6, 6.07) is 0.343. The Labute approximate surface area is 85.4 Å². The Morgan fingerprint density at radius 2 is 2.21 bits per heavy atom. The molecule has 0 aromatic heterocycles. The van der Waals surface area contributed by atoms with Gasteiger partial charge in [0.25, 0.3) is 0 Å². The first-order chi connectivity index (χ1) is 6.67. The summed E-state index contributed by atoms with van der Waals surface area (Å²) in [5.74, 6) is 0.0772. The second-order valence-electron chi connectivity index (χ2n) is 3.81. The molecular formula is C10H20N2O2. The minimum absolute atomic E-state index is 0.0772. The Morgan fingerprint density at radius 3 is 2.71 bits per heavy atom. The van der Waals surface area contributed by atoms with Gasteiger partial charge in [0.1, 0.15) is 0 Å². The molecule has 82 valence electrons.